The summed E-state index contributed by atoms with van der Waals surface area (Å²) in [6, 6.07) is 13.1. The van der Waals surface area contributed by atoms with Gasteiger partial charge in [-0.1, -0.05) is 57.2 Å². The van der Waals surface area contributed by atoms with Gasteiger partial charge in [0.25, 0.3) is 5.92 Å². The second-order valence-electron chi connectivity index (χ2n) is 6.97. The third-order valence-electron chi connectivity index (χ3n) is 4.50. The molecule has 2 rings (SSSR count). The van der Waals surface area contributed by atoms with Gasteiger partial charge in [0, 0.05) is 12.5 Å². The minimum atomic E-state index is -2.85. The molecule has 130 valence electrons. The number of benzene rings is 2. The van der Waals surface area contributed by atoms with Crippen molar-refractivity contribution in [3.05, 3.63) is 70.3 Å². The predicted octanol–water partition coefficient (Wildman–Crippen LogP) is 5.76. The van der Waals surface area contributed by atoms with E-state index in [0.29, 0.717) is 12.0 Å². The first-order valence-electron chi connectivity index (χ1n) is 8.43. The van der Waals surface area contributed by atoms with Crippen molar-refractivity contribution in [1.29, 1.82) is 0 Å². The predicted molar refractivity (Wildman–Crippen MR) is 94.6 cm³/mol. The van der Waals surface area contributed by atoms with Gasteiger partial charge in [0.05, 0.1) is 6.61 Å². The van der Waals surface area contributed by atoms with Gasteiger partial charge in [0.2, 0.25) is 0 Å². The third-order valence-corrected chi connectivity index (χ3v) is 4.50. The van der Waals surface area contributed by atoms with E-state index in [1.165, 1.54) is 0 Å². The highest BCUT2D eigenvalue weighted by Crippen LogP contribution is 2.34. The van der Waals surface area contributed by atoms with Crippen molar-refractivity contribution in [3.8, 4) is 0 Å². The number of hydrogen-bond acceptors (Lipinski definition) is 1. The summed E-state index contributed by atoms with van der Waals surface area (Å²) >= 11 is 0. The second-order valence-corrected chi connectivity index (χ2v) is 6.97. The Morgan fingerprint density at radius 3 is 2.29 bits per heavy atom. The maximum atomic E-state index is 14.1. The van der Waals surface area contributed by atoms with Gasteiger partial charge < -0.3 is 5.11 Å². The first kappa shape index (κ1) is 18.6. The molecule has 0 aromatic heterocycles. The van der Waals surface area contributed by atoms with Gasteiger partial charge in [-0.25, -0.2) is 8.78 Å². The van der Waals surface area contributed by atoms with Gasteiger partial charge in [0.1, 0.15) is 0 Å². The molecule has 2 aromatic rings. The normalized spacial score (nSPS) is 13.3. The monoisotopic (exact) mass is 332 g/mol. The molecule has 2 aromatic carbocycles. The fourth-order valence-electron chi connectivity index (χ4n) is 2.99. The summed E-state index contributed by atoms with van der Waals surface area (Å²) in [5, 5.41) is 9.27. The molecule has 0 heterocycles. The smallest absolute Gasteiger partial charge is 0.270 e. The summed E-state index contributed by atoms with van der Waals surface area (Å²) < 4.78 is 28.2. The number of aliphatic hydroxyl groups is 1. The molecule has 0 aliphatic heterocycles. The zero-order valence-corrected chi connectivity index (χ0v) is 14.8. The maximum absolute atomic E-state index is 14.1. The van der Waals surface area contributed by atoms with Crippen molar-refractivity contribution in [3.63, 3.8) is 0 Å². The Hall–Kier alpha value is -1.74. The van der Waals surface area contributed by atoms with Crippen LogP contribution in [-0.4, -0.2) is 5.11 Å². The van der Waals surface area contributed by atoms with Crippen molar-refractivity contribution in [1.82, 2.24) is 0 Å². The van der Waals surface area contributed by atoms with Crippen molar-refractivity contribution in [2.45, 2.75) is 58.5 Å². The van der Waals surface area contributed by atoms with Crippen LogP contribution in [0.25, 0.3) is 0 Å². The van der Waals surface area contributed by atoms with Crippen LogP contribution in [0, 0.1) is 0 Å². The Morgan fingerprint density at radius 2 is 1.71 bits per heavy atom. The summed E-state index contributed by atoms with van der Waals surface area (Å²) in [7, 11) is 0. The highest BCUT2D eigenvalue weighted by molar-refractivity contribution is 5.38. The van der Waals surface area contributed by atoms with E-state index in [-0.39, 0.29) is 24.0 Å². The van der Waals surface area contributed by atoms with Crippen LogP contribution >= 0.6 is 0 Å². The molecule has 0 saturated heterocycles. The van der Waals surface area contributed by atoms with Crippen LogP contribution in [0.5, 0.6) is 0 Å². The van der Waals surface area contributed by atoms with E-state index in [0.717, 1.165) is 23.6 Å². The van der Waals surface area contributed by atoms with Crippen molar-refractivity contribution < 1.29 is 13.9 Å². The lowest BCUT2D eigenvalue weighted by Crippen LogP contribution is -2.13. The van der Waals surface area contributed by atoms with Gasteiger partial charge in [0.15, 0.2) is 0 Å². The zero-order valence-electron chi connectivity index (χ0n) is 14.8. The fourth-order valence-corrected chi connectivity index (χ4v) is 2.99. The molecule has 0 aliphatic carbocycles. The summed E-state index contributed by atoms with van der Waals surface area (Å²) in [4.78, 5) is 0. The molecule has 0 saturated carbocycles. The molecule has 24 heavy (non-hydrogen) atoms. The Bertz CT molecular complexity index is 686. The molecule has 0 fully saturated rings. The number of hydrogen-bond donors (Lipinski definition) is 1. The topological polar surface area (TPSA) is 20.2 Å². The van der Waals surface area contributed by atoms with Crippen LogP contribution in [0.3, 0.4) is 0 Å². The van der Waals surface area contributed by atoms with Gasteiger partial charge >= 0.3 is 0 Å². The zero-order chi connectivity index (χ0) is 17.9. The first-order valence-corrected chi connectivity index (χ1v) is 8.43. The highest BCUT2D eigenvalue weighted by Gasteiger charge is 2.28. The van der Waals surface area contributed by atoms with E-state index in [1.807, 2.05) is 57.2 Å². The average molecular weight is 332 g/mol. The molecule has 0 aliphatic rings. The van der Waals surface area contributed by atoms with Gasteiger partial charge in [-0.3, -0.25) is 0 Å². The molecule has 1 nitrogen and oxygen atoms in total. The largest absolute Gasteiger partial charge is 0.392 e. The number of halogens is 2. The SMILES string of the molecule is CC(C)c1ccc(CC(C)c2cccc(CO)c2)c(C(C)(F)F)c1. The minimum Gasteiger partial charge on any atom is -0.392 e. The molecule has 1 unspecified atom stereocenters. The average Bonchev–Trinajstić information content (AvgIpc) is 2.54. The lowest BCUT2D eigenvalue weighted by Gasteiger charge is -2.21. The quantitative estimate of drug-likeness (QED) is 0.713. The molecule has 0 bridgehead atoms. The second kappa shape index (κ2) is 7.43. The van der Waals surface area contributed by atoms with Gasteiger partial charge in [-0.05, 0) is 46.6 Å². The first-order chi connectivity index (χ1) is 11.2. The van der Waals surface area contributed by atoms with Crippen LogP contribution in [-0.2, 0) is 19.0 Å². The number of rotatable bonds is 6. The molecular weight excluding hydrogens is 306 g/mol. The number of alkyl halides is 2. The summed E-state index contributed by atoms with van der Waals surface area (Å²) in [6.07, 6.45) is 0.548. The van der Waals surface area contributed by atoms with Crippen LogP contribution in [0.15, 0.2) is 42.5 Å². The van der Waals surface area contributed by atoms with E-state index in [4.69, 9.17) is 0 Å². The molecule has 1 atom stereocenters. The van der Waals surface area contributed by atoms with Crippen LogP contribution in [0.2, 0.25) is 0 Å². The van der Waals surface area contributed by atoms with Gasteiger partial charge in [-0.2, -0.15) is 0 Å². The van der Waals surface area contributed by atoms with Crippen LogP contribution in [0.4, 0.5) is 8.78 Å². The molecule has 1 N–H and O–H groups in total. The van der Waals surface area contributed by atoms with E-state index in [9.17, 15) is 13.9 Å². The molecular formula is C21H26F2O. The Balaban J connectivity index is 2.34. The lowest BCUT2D eigenvalue weighted by molar-refractivity contribution is 0.0164. The van der Waals surface area contributed by atoms with Crippen LogP contribution < -0.4 is 0 Å². The maximum Gasteiger partial charge on any atom is 0.270 e. The van der Waals surface area contributed by atoms with E-state index in [1.54, 1.807) is 6.07 Å². The van der Waals surface area contributed by atoms with E-state index >= 15 is 0 Å². The molecule has 3 heteroatoms. The summed E-state index contributed by atoms with van der Waals surface area (Å²) in [6.45, 7) is 7.00. The molecule has 0 spiro atoms. The highest BCUT2D eigenvalue weighted by atomic mass is 19.3. The van der Waals surface area contributed by atoms with Gasteiger partial charge in [-0.15, -0.1) is 0 Å². The van der Waals surface area contributed by atoms with E-state index in [2.05, 4.69) is 0 Å². The fraction of sp³-hybridized carbons (Fsp3) is 0.429. The lowest BCUT2D eigenvalue weighted by atomic mass is 9.87. The van der Waals surface area contributed by atoms with E-state index < -0.39 is 5.92 Å². The standard InChI is InChI=1S/C21H26F2O/c1-14(2)17-8-9-19(20(12-17)21(4,22)23)10-15(3)18-7-5-6-16(11-18)13-24/h5-9,11-12,14-15,24H,10,13H2,1-4H3. The molecule has 0 radical (unpaired) electrons. The molecule has 0 amide bonds. The summed E-state index contributed by atoms with van der Waals surface area (Å²) in [5.41, 5.74) is 3.65. The summed E-state index contributed by atoms with van der Waals surface area (Å²) in [5.74, 6) is -2.53. The van der Waals surface area contributed by atoms with Crippen molar-refractivity contribution in [2.24, 2.45) is 0 Å². The Morgan fingerprint density at radius 1 is 1.00 bits per heavy atom. The minimum absolute atomic E-state index is 0.0120. The third kappa shape index (κ3) is 4.41. The van der Waals surface area contributed by atoms with Crippen molar-refractivity contribution in [2.75, 3.05) is 0 Å². The van der Waals surface area contributed by atoms with Crippen LogP contribution in [0.1, 0.15) is 67.3 Å². The Labute approximate surface area is 143 Å². The van der Waals surface area contributed by atoms with Crippen molar-refractivity contribution >= 4 is 0 Å². The Kier molecular flexibility index (Phi) is 5.76. The number of aliphatic hydroxyl groups excluding tert-OH is 1.